The lowest BCUT2D eigenvalue weighted by Crippen LogP contribution is -2.11. The highest BCUT2D eigenvalue weighted by molar-refractivity contribution is 7.07. The molecule has 0 spiro atoms. The summed E-state index contributed by atoms with van der Waals surface area (Å²) in [5.41, 5.74) is 12.2. The van der Waals surface area contributed by atoms with Gasteiger partial charge in [-0.3, -0.25) is 0 Å². The molecule has 0 aliphatic rings. The Balaban J connectivity index is 1.89. The maximum atomic E-state index is 5.45. The van der Waals surface area contributed by atoms with E-state index in [9.17, 15) is 0 Å². The van der Waals surface area contributed by atoms with Crippen molar-refractivity contribution in [2.24, 2.45) is 0 Å². The Morgan fingerprint density at radius 1 is 1.19 bits per heavy atom. The van der Waals surface area contributed by atoms with Crippen LogP contribution in [0.4, 0.5) is 17.8 Å². The number of hydrogen-bond acceptors (Lipinski definition) is 7. The number of rotatable bonds is 4. The first-order valence-electron chi connectivity index (χ1n) is 4.76. The minimum Gasteiger partial charge on any atom is -0.368 e. The van der Waals surface area contributed by atoms with Crippen LogP contribution in [0.25, 0.3) is 0 Å². The third-order valence-corrected chi connectivity index (χ3v) is 2.68. The minimum absolute atomic E-state index is 0.130. The quantitative estimate of drug-likeness (QED) is 0.724. The molecule has 0 aliphatic heterocycles. The fourth-order valence-electron chi connectivity index (χ4n) is 1.24. The van der Waals surface area contributed by atoms with E-state index >= 15 is 0 Å². The van der Waals surface area contributed by atoms with E-state index < -0.39 is 0 Å². The van der Waals surface area contributed by atoms with Gasteiger partial charge >= 0.3 is 0 Å². The lowest BCUT2D eigenvalue weighted by Gasteiger charge is -2.04. The first-order valence-corrected chi connectivity index (χ1v) is 5.70. The van der Waals surface area contributed by atoms with E-state index in [-0.39, 0.29) is 11.9 Å². The molecule has 2 aromatic rings. The molecule has 5 N–H and O–H groups in total. The van der Waals surface area contributed by atoms with Crippen LogP contribution in [-0.4, -0.2) is 21.5 Å². The van der Waals surface area contributed by atoms with E-state index in [4.69, 9.17) is 11.5 Å². The highest BCUT2D eigenvalue weighted by Gasteiger charge is 2.00. The van der Waals surface area contributed by atoms with Gasteiger partial charge in [0.05, 0.1) is 0 Å². The fraction of sp³-hybridized carbons (Fsp3) is 0.222. The van der Waals surface area contributed by atoms with Gasteiger partial charge in [0, 0.05) is 6.54 Å². The van der Waals surface area contributed by atoms with Gasteiger partial charge in [-0.15, -0.1) is 0 Å². The molecule has 16 heavy (non-hydrogen) atoms. The summed E-state index contributed by atoms with van der Waals surface area (Å²) in [5, 5.41) is 7.21. The molecule has 0 radical (unpaired) electrons. The van der Waals surface area contributed by atoms with Crippen molar-refractivity contribution in [1.29, 1.82) is 0 Å². The molecule has 0 amide bonds. The molecular weight excluding hydrogens is 224 g/mol. The highest BCUT2D eigenvalue weighted by Crippen LogP contribution is 2.07. The SMILES string of the molecule is Nc1nc(N)nc(NCCc2ccsc2)n1. The lowest BCUT2D eigenvalue weighted by atomic mass is 10.2. The van der Waals surface area contributed by atoms with Crippen molar-refractivity contribution in [2.75, 3.05) is 23.3 Å². The summed E-state index contributed by atoms with van der Waals surface area (Å²) >= 11 is 1.68. The maximum absolute atomic E-state index is 5.45. The molecule has 0 atom stereocenters. The Morgan fingerprint density at radius 2 is 1.94 bits per heavy atom. The normalized spacial score (nSPS) is 10.2. The van der Waals surface area contributed by atoms with E-state index in [2.05, 4.69) is 31.7 Å². The minimum atomic E-state index is 0.130. The summed E-state index contributed by atoms with van der Waals surface area (Å²) in [5.74, 6) is 0.677. The average Bonchev–Trinajstić information content (AvgIpc) is 2.69. The van der Waals surface area contributed by atoms with Gasteiger partial charge in [-0.05, 0) is 28.8 Å². The second-order valence-corrected chi connectivity index (χ2v) is 3.96. The van der Waals surface area contributed by atoms with Gasteiger partial charge in [-0.2, -0.15) is 26.3 Å². The largest absolute Gasteiger partial charge is 0.368 e. The molecule has 0 fully saturated rings. The zero-order valence-electron chi connectivity index (χ0n) is 8.55. The van der Waals surface area contributed by atoms with Crippen LogP contribution in [-0.2, 0) is 6.42 Å². The number of nitrogens with one attached hydrogen (secondary N) is 1. The van der Waals surface area contributed by atoms with Gasteiger partial charge in [0.2, 0.25) is 17.8 Å². The van der Waals surface area contributed by atoms with Gasteiger partial charge < -0.3 is 16.8 Å². The lowest BCUT2D eigenvalue weighted by molar-refractivity contribution is 0.976. The first-order chi connectivity index (χ1) is 7.74. The zero-order chi connectivity index (χ0) is 11.4. The molecular formula is C9H12N6S. The molecule has 2 aromatic heterocycles. The summed E-state index contributed by atoms with van der Waals surface area (Å²) in [7, 11) is 0. The maximum Gasteiger partial charge on any atom is 0.229 e. The van der Waals surface area contributed by atoms with E-state index in [0.29, 0.717) is 5.95 Å². The van der Waals surface area contributed by atoms with Crippen molar-refractivity contribution < 1.29 is 0 Å². The molecule has 0 aliphatic carbocycles. The third-order valence-electron chi connectivity index (χ3n) is 1.95. The number of nitrogen functional groups attached to an aromatic ring is 2. The monoisotopic (exact) mass is 236 g/mol. The highest BCUT2D eigenvalue weighted by atomic mass is 32.1. The van der Waals surface area contributed by atoms with Gasteiger partial charge in [0.25, 0.3) is 0 Å². The predicted octanol–water partition coefficient (Wildman–Crippen LogP) is 0.752. The second kappa shape index (κ2) is 4.75. The molecule has 0 unspecified atom stereocenters. The summed E-state index contributed by atoms with van der Waals surface area (Å²) < 4.78 is 0. The van der Waals surface area contributed by atoms with Gasteiger partial charge in [0.1, 0.15) is 0 Å². The van der Waals surface area contributed by atoms with E-state index in [1.165, 1.54) is 5.56 Å². The van der Waals surface area contributed by atoms with Crippen LogP contribution in [0.1, 0.15) is 5.56 Å². The molecule has 0 saturated carbocycles. The Morgan fingerprint density at radius 3 is 2.56 bits per heavy atom. The van der Waals surface area contributed by atoms with Crippen molar-refractivity contribution in [3.8, 4) is 0 Å². The molecule has 6 nitrogen and oxygen atoms in total. The average molecular weight is 236 g/mol. The van der Waals surface area contributed by atoms with Crippen LogP contribution in [0.3, 0.4) is 0 Å². The molecule has 2 heterocycles. The smallest absolute Gasteiger partial charge is 0.229 e. The van der Waals surface area contributed by atoms with Crippen LogP contribution in [0.5, 0.6) is 0 Å². The van der Waals surface area contributed by atoms with Crippen LogP contribution in [0, 0.1) is 0 Å². The second-order valence-electron chi connectivity index (χ2n) is 3.18. The molecule has 7 heteroatoms. The molecule has 0 saturated heterocycles. The summed E-state index contributed by atoms with van der Waals surface area (Å²) in [6, 6.07) is 2.09. The topological polar surface area (TPSA) is 103 Å². The van der Waals surface area contributed by atoms with E-state index in [1.807, 2.05) is 5.38 Å². The molecule has 0 bridgehead atoms. The number of aromatic nitrogens is 3. The molecule has 2 rings (SSSR count). The number of nitrogens with zero attached hydrogens (tertiary/aromatic N) is 3. The summed E-state index contributed by atoms with van der Waals surface area (Å²) in [6.07, 6.45) is 0.912. The number of thiophene rings is 1. The standard InChI is InChI=1S/C9H12N6S/c10-7-13-8(11)15-9(14-7)12-3-1-6-2-4-16-5-6/h2,4-5H,1,3H2,(H5,10,11,12,13,14,15). The van der Waals surface area contributed by atoms with Crippen molar-refractivity contribution in [3.63, 3.8) is 0 Å². The van der Waals surface area contributed by atoms with Crippen LogP contribution < -0.4 is 16.8 Å². The van der Waals surface area contributed by atoms with Crippen molar-refractivity contribution in [3.05, 3.63) is 22.4 Å². The van der Waals surface area contributed by atoms with Crippen LogP contribution in [0.2, 0.25) is 0 Å². The zero-order valence-corrected chi connectivity index (χ0v) is 9.37. The molecule has 84 valence electrons. The summed E-state index contributed by atoms with van der Waals surface area (Å²) in [4.78, 5) is 11.5. The van der Waals surface area contributed by atoms with Crippen LogP contribution >= 0.6 is 11.3 Å². The Labute approximate surface area is 96.7 Å². The van der Waals surface area contributed by atoms with Gasteiger partial charge in [-0.25, -0.2) is 0 Å². The fourth-order valence-corrected chi connectivity index (χ4v) is 1.95. The van der Waals surface area contributed by atoms with Gasteiger partial charge in [-0.1, -0.05) is 0 Å². The number of nitrogens with two attached hydrogens (primary N) is 2. The number of hydrogen-bond donors (Lipinski definition) is 3. The predicted molar refractivity (Wildman–Crippen MR) is 65.2 cm³/mol. The van der Waals surface area contributed by atoms with Gasteiger partial charge in [0.15, 0.2) is 0 Å². The van der Waals surface area contributed by atoms with Crippen molar-refractivity contribution in [1.82, 2.24) is 15.0 Å². The van der Waals surface area contributed by atoms with E-state index in [1.54, 1.807) is 11.3 Å². The Kier molecular flexibility index (Phi) is 3.16. The van der Waals surface area contributed by atoms with Crippen molar-refractivity contribution >= 4 is 29.2 Å². The first kappa shape index (κ1) is 10.6. The Hall–Kier alpha value is -1.89. The summed E-state index contributed by atoms with van der Waals surface area (Å²) in [6.45, 7) is 0.736. The van der Waals surface area contributed by atoms with E-state index in [0.717, 1.165) is 13.0 Å². The van der Waals surface area contributed by atoms with Crippen molar-refractivity contribution in [2.45, 2.75) is 6.42 Å². The third kappa shape index (κ3) is 2.80. The van der Waals surface area contributed by atoms with Crippen LogP contribution in [0.15, 0.2) is 16.8 Å². The number of anilines is 3. The molecule has 0 aromatic carbocycles. The Bertz CT molecular complexity index is 435.